The SMILES string of the molecule is CCC1CCC2C3CC=C4CC(OC(=O)CBr)CCC4(C)C3CCC12C. The van der Waals surface area contributed by atoms with Gasteiger partial charge in [-0.1, -0.05) is 54.8 Å². The van der Waals surface area contributed by atoms with E-state index in [2.05, 4.69) is 42.8 Å². The molecule has 26 heavy (non-hydrogen) atoms. The van der Waals surface area contributed by atoms with Gasteiger partial charge < -0.3 is 4.74 Å². The van der Waals surface area contributed by atoms with E-state index in [1.807, 2.05) is 0 Å². The van der Waals surface area contributed by atoms with Crippen LogP contribution in [0.15, 0.2) is 11.6 Å². The lowest BCUT2D eigenvalue weighted by molar-refractivity contribution is -0.148. The van der Waals surface area contributed by atoms with Gasteiger partial charge in [-0.15, -0.1) is 0 Å². The molecule has 4 aliphatic rings. The monoisotopic (exact) mass is 422 g/mol. The highest BCUT2D eigenvalue weighted by Crippen LogP contribution is 2.66. The van der Waals surface area contributed by atoms with E-state index in [0.29, 0.717) is 16.2 Å². The minimum atomic E-state index is -0.113. The molecule has 0 aromatic rings. The van der Waals surface area contributed by atoms with Crippen molar-refractivity contribution in [3.8, 4) is 0 Å². The average molecular weight is 423 g/mol. The van der Waals surface area contributed by atoms with Crippen LogP contribution in [-0.2, 0) is 9.53 Å². The summed E-state index contributed by atoms with van der Waals surface area (Å²) >= 11 is 3.22. The first-order valence-electron chi connectivity index (χ1n) is 10.9. The fraction of sp³-hybridized carbons (Fsp3) is 0.870. The third kappa shape index (κ3) is 2.83. The lowest BCUT2D eigenvalue weighted by Gasteiger charge is -2.58. The molecule has 3 heteroatoms. The summed E-state index contributed by atoms with van der Waals surface area (Å²) in [5.74, 6) is 3.51. The van der Waals surface area contributed by atoms with E-state index < -0.39 is 0 Å². The van der Waals surface area contributed by atoms with Gasteiger partial charge in [-0.05, 0) is 79.4 Å². The molecule has 3 saturated carbocycles. The van der Waals surface area contributed by atoms with Gasteiger partial charge >= 0.3 is 5.97 Å². The maximum atomic E-state index is 11.7. The number of carbonyl (C=O) groups excluding carboxylic acids is 1. The van der Waals surface area contributed by atoms with Gasteiger partial charge in [-0.3, -0.25) is 4.79 Å². The van der Waals surface area contributed by atoms with Gasteiger partial charge in [-0.2, -0.15) is 0 Å². The number of allylic oxidation sites excluding steroid dienone is 1. The van der Waals surface area contributed by atoms with Gasteiger partial charge in [0, 0.05) is 6.42 Å². The van der Waals surface area contributed by atoms with Crippen LogP contribution in [0.3, 0.4) is 0 Å². The maximum absolute atomic E-state index is 11.7. The van der Waals surface area contributed by atoms with Crippen molar-refractivity contribution in [3.05, 3.63) is 11.6 Å². The summed E-state index contributed by atoms with van der Waals surface area (Å²) in [5.41, 5.74) is 2.55. The summed E-state index contributed by atoms with van der Waals surface area (Å²) in [6, 6.07) is 0. The van der Waals surface area contributed by atoms with E-state index in [-0.39, 0.29) is 12.1 Å². The third-order valence-electron chi connectivity index (χ3n) is 9.16. The lowest BCUT2D eigenvalue weighted by Crippen LogP contribution is -2.50. The Morgan fingerprint density at radius 1 is 1.19 bits per heavy atom. The molecule has 146 valence electrons. The fourth-order valence-electron chi connectivity index (χ4n) is 7.72. The van der Waals surface area contributed by atoms with Gasteiger partial charge in [0.25, 0.3) is 0 Å². The molecule has 0 aromatic heterocycles. The van der Waals surface area contributed by atoms with E-state index in [1.54, 1.807) is 5.57 Å². The molecular formula is C23H35BrO2. The zero-order valence-electron chi connectivity index (χ0n) is 16.7. The highest BCUT2D eigenvalue weighted by molar-refractivity contribution is 9.09. The molecule has 2 nitrogen and oxygen atoms in total. The van der Waals surface area contributed by atoms with Gasteiger partial charge in [0.15, 0.2) is 0 Å². The van der Waals surface area contributed by atoms with Crippen LogP contribution < -0.4 is 0 Å². The second-order valence-electron chi connectivity index (χ2n) is 9.97. The van der Waals surface area contributed by atoms with Crippen molar-refractivity contribution in [1.29, 1.82) is 0 Å². The summed E-state index contributed by atoms with van der Waals surface area (Å²) in [7, 11) is 0. The highest BCUT2D eigenvalue weighted by Gasteiger charge is 2.58. The second-order valence-corrected chi connectivity index (χ2v) is 10.5. The van der Waals surface area contributed by atoms with Crippen LogP contribution in [0, 0.1) is 34.5 Å². The first kappa shape index (κ1) is 19.0. The summed E-state index contributed by atoms with van der Waals surface area (Å²) in [6.45, 7) is 7.56. The molecular weight excluding hydrogens is 388 g/mol. The molecule has 0 spiro atoms. The van der Waals surface area contributed by atoms with Crippen LogP contribution in [0.25, 0.3) is 0 Å². The van der Waals surface area contributed by atoms with Crippen molar-refractivity contribution in [2.45, 2.75) is 84.7 Å². The molecule has 0 saturated heterocycles. The van der Waals surface area contributed by atoms with E-state index >= 15 is 0 Å². The van der Waals surface area contributed by atoms with Gasteiger partial charge in [0.2, 0.25) is 0 Å². The van der Waals surface area contributed by atoms with Crippen molar-refractivity contribution in [2.75, 3.05) is 5.33 Å². The van der Waals surface area contributed by atoms with Gasteiger partial charge in [0.05, 0.1) is 0 Å². The van der Waals surface area contributed by atoms with Crippen molar-refractivity contribution >= 4 is 21.9 Å². The summed E-state index contributed by atoms with van der Waals surface area (Å²) in [6.07, 6.45) is 14.3. The Morgan fingerprint density at radius 2 is 2.00 bits per heavy atom. The molecule has 0 amide bonds. The Balaban J connectivity index is 1.55. The molecule has 4 rings (SSSR count). The van der Waals surface area contributed by atoms with Crippen LogP contribution in [0.2, 0.25) is 0 Å². The van der Waals surface area contributed by atoms with E-state index in [0.717, 1.165) is 36.5 Å². The Morgan fingerprint density at radius 3 is 2.73 bits per heavy atom. The Kier molecular flexibility index (Phi) is 5.08. The predicted molar refractivity (Wildman–Crippen MR) is 109 cm³/mol. The molecule has 7 atom stereocenters. The summed E-state index contributed by atoms with van der Waals surface area (Å²) in [5, 5.41) is 0.309. The quantitative estimate of drug-likeness (QED) is 0.303. The van der Waals surface area contributed by atoms with E-state index in [1.165, 1.54) is 44.9 Å². The van der Waals surface area contributed by atoms with Crippen molar-refractivity contribution < 1.29 is 9.53 Å². The lowest BCUT2D eigenvalue weighted by atomic mass is 9.47. The molecule has 0 bridgehead atoms. The minimum absolute atomic E-state index is 0.0979. The Bertz CT molecular complexity index is 599. The number of carbonyl (C=O) groups is 1. The molecule has 7 unspecified atom stereocenters. The normalized spacial score (nSPS) is 47.4. The molecule has 0 N–H and O–H groups in total. The number of fused-ring (bicyclic) bond motifs is 5. The molecule has 3 fully saturated rings. The molecule has 4 aliphatic carbocycles. The first-order valence-corrected chi connectivity index (χ1v) is 12.0. The Hall–Kier alpha value is -0.310. The standard InChI is InChI=1S/C23H35BrO2/c1-4-15-6-8-19-18-7-5-16-13-17(26-21(25)14-24)9-11-23(16,3)20(18)10-12-22(15,19)2/h5,15,17-20H,4,6-14H2,1-3H3. The number of ether oxygens (including phenoxy) is 1. The van der Waals surface area contributed by atoms with Crippen LogP contribution in [-0.4, -0.2) is 17.4 Å². The van der Waals surface area contributed by atoms with Crippen LogP contribution >= 0.6 is 15.9 Å². The van der Waals surface area contributed by atoms with Crippen LogP contribution in [0.4, 0.5) is 0 Å². The van der Waals surface area contributed by atoms with Crippen molar-refractivity contribution in [1.82, 2.24) is 0 Å². The molecule has 0 heterocycles. The number of esters is 1. The molecule has 0 aromatic carbocycles. The molecule has 0 aliphatic heterocycles. The van der Waals surface area contributed by atoms with Gasteiger partial charge in [0.1, 0.15) is 11.4 Å². The fourth-order valence-corrected chi connectivity index (χ4v) is 7.86. The van der Waals surface area contributed by atoms with Crippen molar-refractivity contribution in [2.24, 2.45) is 34.5 Å². The summed E-state index contributed by atoms with van der Waals surface area (Å²) in [4.78, 5) is 11.7. The number of hydrogen-bond acceptors (Lipinski definition) is 2. The Labute approximate surface area is 167 Å². The number of halogens is 1. The number of rotatable bonds is 3. The number of alkyl halides is 1. The van der Waals surface area contributed by atoms with Gasteiger partial charge in [-0.25, -0.2) is 0 Å². The highest BCUT2D eigenvalue weighted by atomic mass is 79.9. The second kappa shape index (κ2) is 6.94. The third-order valence-corrected chi connectivity index (χ3v) is 9.61. The summed E-state index contributed by atoms with van der Waals surface area (Å²) < 4.78 is 5.66. The maximum Gasteiger partial charge on any atom is 0.316 e. The zero-order valence-corrected chi connectivity index (χ0v) is 18.3. The zero-order chi connectivity index (χ0) is 18.5. The minimum Gasteiger partial charge on any atom is -0.461 e. The van der Waals surface area contributed by atoms with Crippen LogP contribution in [0.5, 0.6) is 0 Å². The first-order chi connectivity index (χ1) is 12.4. The average Bonchev–Trinajstić information content (AvgIpc) is 2.98. The smallest absolute Gasteiger partial charge is 0.316 e. The van der Waals surface area contributed by atoms with E-state index in [9.17, 15) is 4.79 Å². The topological polar surface area (TPSA) is 26.3 Å². The van der Waals surface area contributed by atoms with E-state index in [4.69, 9.17) is 4.74 Å². The largest absolute Gasteiger partial charge is 0.461 e. The molecule has 0 radical (unpaired) electrons. The number of hydrogen-bond donors (Lipinski definition) is 0. The van der Waals surface area contributed by atoms with Crippen molar-refractivity contribution in [3.63, 3.8) is 0 Å². The predicted octanol–water partition coefficient (Wildman–Crippen LogP) is 6.28. The van der Waals surface area contributed by atoms with Crippen LogP contribution in [0.1, 0.15) is 78.6 Å².